The summed E-state index contributed by atoms with van der Waals surface area (Å²) in [7, 11) is 0. The van der Waals surface area contributed by atoms with Crippen molar-refractivity contribution >= 4 is 51.9 Å². The van der Waals surface area contributed by atoms with Crippen LogP contribution < -0.4 is 11.1 Å². The van der Waals surface area contributed by atoms with Crippen molar-refractivity contribution in [2.45, 2.75) is 0 Å². The third-order valence-electron chi connectivity index (χ3n) is 2.25. The van der Waals surface area contributed by atoms with Crippen molar-refractivity contribution in [1.29, 1.82) is 0 Å². The van der Waals surface area contributed by atoms with Gasteiger partial charge in [-0.05, 0) is 30.3 Å². The number of nitrogens with two attached hydrogens (primary N) is 1. The predicted octanol–water partition coefficient (Wildman–Crippen LogP) is 5.11. The van der Waals surface area contributed by atoms with Crippen LogP contribution in [0.2, 0.25) is 15.1 Å². The molecule has 94 valence electrons. The van der Waals surface area contributed by atoms with Crippen LogP contribution in [0.4, 0.5) is 21.5 Å². The maximum atomic E-state index is 13.3. The number of hydrogen-bond acceptors (Lipinski definition) is 2. The predicted molar refractivity (Wildman–Crippen MR) is 75.6 cm³/mol. The van der Waals surface area contributed by atoms with E-state index in [-0.39, 0.29) is 5.02 Å². The van der Waals surface area contributed by atoms with E-state index >= 15 is 0 Å². The van der Waals surface area contributed by atoms with Gasteiger partial charge < -0.3 is 11.1 Å². The summed E-state index contributed by atoms with van der Waals surface area (Å²) >= 11 is 17.6. The zero-order valence-corrected chi connectivity index (χ0v) is 11.2. The number of benzene rings is 2. The molecule has 0 aromatic heterocycles. The maximum Gasteiger partial charge on any atom is 0.143 e. The van der Waals surface area contributed by atoms with Crippen molar-refractivity contribution in [2.75, 3.05) is 11.1 Å². The monoisotopic (exact) mass is 304 g/mol. The molecular formula is C12H8Cl3FN2. The Morgan fingerprint density at radius 2 is 1.56 bits per heavy atom. The van der Waals surface area contributed by atoms with Crippen LogP contribution in [0.3, 0.4) is 0 Å². The normalized spacial score (nSPS) is 10.4. The zero-order chi connectivity index (χ0) is 13.3. The van der Waals surface area contributed by atoms with Crippen LogP contribution in [0.5, 0.6) is 0 Å². The van der Waals surface area contributed by atoms with Crippen LogP contribution in [0.25, 0.3) is 0 Å². The Bertz CT molecular complexity index is 579. The highest BCUT2D eigenvalue weighted by molar-refractivity contribution is 6.39. The molecule has 0 heterocycles. The molecule has 0 aliphatic heterocycles. The summed E-state index contributed by atoms with van der Waals surface area (Å²) in [4.78, 5) is 0. The highest BCUT2D eigenvalue weighted by Gasteiger charge is 2.09. The Morgan fingerprint density at radius 1 is 0.944 bits per heavy atom. The lowest BCUT2D eigenvalue weighted by molar-refractivity contribution is 0.629. The average molecular weight is 306 g/mol. The summed E-state index contributed by atoms with van der Waals surface area (Å²) < 4.78 is 13.3. The molecule has 18 heavy (non-hydrogen) atoms. The van der Waals surface area contributed by atoms with Crippen LogP contribution in [0, 0.1) is 5.82 Å². The summed E-state index contributed by atoms with van der Waals surface area (Å²) in [6.45, 7) is 0. The van der Waals surface area contributed by atoms with Crippen LogP contribution in [-0.4, -0.2) is 0 Å². The SMILES string of the molecule is Nc1cc(Cl)c(Nc2ccc(Cl)c(F)c2)c(Cl)c1. The van der Waals surface area contributed by atoms with Gasteiger partial charge in [-0.25, -0.2) is 4.39 Å². The molecule has 0 radical (unpaired) electrons. The molecule has 2 aromatic carbocycles. The van der Waals surface area contributed by atoms with Crippen LogP contribution in [0.1, 0.15) is 0 Å². The van der Waals surface area contributed by atoms with E-state index in [9.17, 15) is 4.39 Å². The molecular weight excluding hydrogens is 298 g/mol. The Kier molecular flexibility index (Phi) is 3.85. The Hall–Kier alpha value is -1.16. The van der Waals surface area contributed by atoms with Gasteiger partial charge in [0.2, 0.25) is 0 Å². The van der Waals surface area contributed by atoms with Gasteiger partial charge in [-0.1, -0.05) is 34.8 Å². The minimum Gasteiger partial charge on any atom is -0.399 e. The lowest BCUT2D eigenvalue weighted by Crippen LogP contribution is -1.95. The van der Waals surface area contributed by atoms with Crippen LogP contribution >= 0.6 is 34.8 Å². The summed E-state index contributed by atoms with van der Waals surface area (Å²) in [5.74, 6) is -0.524. The maximum absolute atomic E-state index is 13.3. The van der Waals surface area contributed by atoms with Crippen LogP contribution in [-0.2, 0) is 0 Å². The number of hydrogen-bond donors (Lipinski definition) is 2. The molecule has 3 N–H and O–H groups in total. The molecule has 0 bridgehead atoms. The van der Waals surface area contributed by atoms with Gasteiger partial charge in [0.25, 0.3) is 0 Å². The molecule has 0 atom stereocenters. The molecule has 2 aromatic rings. The first-order valence-corrected chi connectivity index (χ1v) is 6.07. The van der Waals surface area contributed by atoms with E-state index in [0.29, 0.717) is 27.1 Å². The van der Waals surface area contributed by atoms with E-state index < -0.39 is 5.82 Å². The van der Waals surface area contributed by atoms with E-state index in [4.69, 9.17) is 40.5 Å². The third-order valence-corrected chi connectivity index (χ3v) is 3.16. The van der Waals surface area contributed by atoms with E-state index in [2.05, 4.69) is 5.32 Å². The first-order chi connectivity index (χ1) is 8.47. The van der Waals surface area contributed by atoms with E-state index in [0.717, 1.165) is 0 Å². The van der Waals surface area contributed by atoms with Crippen molar-refractivity contribution in [1.82, 2.24) is 0 Å². The number of nitrogen functional groups attached to an aromatic ring is 1. The number of halogens is 4. The Morgan fingerprint density at radius 3 is 2.11 bits per heavy atom. The zero-order valence-electron chi connectivity index (χ0n) is 8.98. The summed E-state index contributed by atoms with van der Waals surface area (Å²) in [5.41, 5.74) is 7.01. The van der Waals surface area contributed by atoms with Gasteiger partial charge >= 0.3 is 0 Å². The van der Waals surface area contributed by atoms with E-state index in [1.807, 2.05) is 0 Å². The number of anilines is 3. The third kappa shape index (κ3) is 2.80. The molecule has 2 rings (SSSR count). The average Bonchev–Trinajstić information content (AvgIpc) is 2.28. The lowest BCUT2D eigenvalue weighted by atomic mass is 10.2. The lowest BCUT2D eigenvalue weighted by Gasteiger charge is -2.11. The fraction of sp³-hybridized carbons (Fsp3) is 0. The molecule has 0 saturated heterocycles. The second-order valence-corrected chi connectivity index (χ2v) is 4.84. The Balaban J connectivity index is 2.37. The summed E-state index contributed by atoms with van der Waals surface area (Å²) in [5, 5.41) is 3.68. The quantitative estimate of drug-likeness (QED) is 0.756. The minimum absolute atomic E-state index is 0.0510. The molecule has 0 amide bonds. The fourth-order valence-corrected chi connectivity index (χ4v) is 2.15. The topological polar surface area (TPSA) is 38.0 Å². The van der Waals surface area contributed by atoms with Gasteiger partial charge in [0, 0.05) is 11.4 Å². The molecule has 0 unspecified atom stereocenters. The van der Waals surface area contributed by atoms with Crippen LogP contribution in [0.15, 0.2) is 30.3 Å². The number of rotatable bonds is 2. The van der Waals surface area contributed by atoms with Gasteiger partial charge in [0.1, 0.15) is 5.82 Å². The van der Waals surface area contributed by atoms with Gasteiger partial charge in [0.15, 0.2) is 0 Å². The van der Waals surface area contributed by atoms with Crippen molar-refractivity contribution < 1.29 is 4.39 Å². The minimum atomic E-state index is -0.524. The summed E-state index contributed by atoms with van der Waals surface area (Å²) in [6.07, 6.45) is 0. The second kappa shape index (κ2) is 5.22. The molecule has 6 heteroatoms. The highest BCUT2D eigenvalue weighted by atomic mass is 35.5. The van der Waals surface area contributed by atoms with E-state index in [1.54, 1.807) is 18.2 Å². The first-order valence-electron chi connectivity index (χ1n) is 4.94. The van der Waals surface area contributed by atoms with Gasteiger partial charge in [-0.3, -0.25) is 0 Å². The van der Waals surface area contributed by atoms with Crippen molar-refractivity contribution in [3.63, 3.8) is 0 Å². The molecule has 0 saturated carbocycles. The smallest absolute Gasteiger partial charge is 0.143 e. The van der Waals surface area contributed by atoms with E-state index in [1.165, 1.54) is 12.1 Å². The molecule has 0 aliphatic rings. The van der Waals surface area contributed by atoms with Gasteiger partial charge in [0.05, 0.1) is 20.8 Å². The van der Waals surface area contributed by atoms with Gasteiger partial charge in [-0.15, -0.1) is 0 Å². The molecule has 0 aliphatic carbocycles. The van der Waals surface area contributed by atoms with Crippen molar-refractivity contribution in [3.8, 4) is 0 Å². The Labute approximate surface area is 118 Å². The fourth-order valence-electron chi connectivity index (χ4n) is 1.43. The largest absolute Gasteiger partial charge is 0.399 e. The highest BCUT2D eigenvalue weighted by Crippen LogP contribution is 2.35. The first kappa shape index (κ1) is 13.3. The molecule has 0 fully saturated rings. The van der Waals surface area contributed by atoms with Crippen molar-refractivity contribution in [2.24, 2.45) is 0 Å². The van der Waals surface area contributed by atoms with Crippen molar-refractivity contribution in [3.05, 3.63) is 51.2 Å². The molecule has 0 spiro atoms. The number of nitrogens with one attached hydrogen (secondary N) is 1. The van der Waals surface area contributed by atoms with Gasteiger partial charge in [-0.2, -0.15) is 0 Å². The second-order valence-electron chi connectivity index (χ2n) is 3.61. The molecule has 2 nitrogen and oxygen atoms in total. The summed E-state index contributed by atoms with van der Waals surface area (Å²) in [6, 6.07) is 7.43. The standard InChI is InChI=1S/C12H8Cl3FN2/c13-8-2-1-7(5-11(8)16)18-12-9(14)3-6(17)4-10(12)15/h1-5,18H,17H2.